The Kier molecular flexibility index (Phi) is 5.54. The minimum Gasteiger partial charge on any atom is -0.384 e. The molecule has 1 aliphatic heterocycles. The van der Waals surface area contributed by atoms with E-state index < -0.39 is 11.7 Å². The Bertz CT molecular complexity index is 470. The number of hydrogen-bond acceptors (Lipinski definition) is 2. The minimum absolute atomic E-state index is 0.450. The molecule has 1 aliphatic rings. The summed E-state index contributed by atoms with van der Waals surface area (Å²) < 4.78 is 38.2. The zero-order valence-electron chi connectivity index (χ0n) is 12.0. The fraction of sp³-hybridized carbons (Fsp3) is 0.600. The van der Waals surface area contributed by atoms with Crippen LogP contribution in [0.25, 0.3) is 0 Å². The Labute approximate surface area is 131 Å². The van der Waals surface area contributed by atoms with E-state index in [1.165, 1.54) is 18.9 Å². The van der Waals surface area contributed by atoms with Crippen LogP contribution in [0.4, 0.5) is 18.9 Å². The van der Waals surface area contributed by atoms with Gasteiger partial charge in [0.1, 0.15) is 0 Å². The van der Waals surface area contributed by atoms with Gasteiger partial charge in [0.15, 0.2) is 0 Å². The molecule has 1 aromatic rings. The van der Waals surface area contributed by atoms with Crippen molar-refractivity contribution in [2.75, 3.05) is 31.5 Å². The molecule has 2 nitrogen and oxygen atoms in total. The van der Waals surface area contributed by atoms with E-state index >= 15 is 0 Å². The van der Waals surface area contributed by atoms with E-state index in [-0.39, 0.29) is 0 Å². The van der Waals surface area contributed by atoms with Crippen molar-refractivity contribution in [2.45, 2.75) is 25.9 Å². The number of benzene rings is 1. The van der Waals surface area contributed by atoms with Gasteiger partial charge in [-0.05, 0) is 66.0 Å². The maximum Gasteiger partial charge on any atom is 0.416 e. The van der Waals surface area contributed by atoms with Crippen LogP contribution < -0.4 is 5.32 Å². The summed E-state index contributed by atoms with van der Waals surface area (Å²) in [5.74, 6) is 0.456. The van der Waals surface area contributed by atoms with Crippen molar-refractivity contribution in [1.29, 1.82) is 0 Å². The number of anilines is 1. The van der Waals surface area contributed by atoms with E-state index in [4.69, 9.17) is 0 Å². The third kappa shape index (κ3) is 4.88. The second-order valence-corrected chi connectivity index (χ2v) is 6.54. The third-order valence-corrected chi connectivity index (χ3v) is 4.36. The largest absolute Gasteiger partial charge is 0.416 e. The minimum atomic E-state index is -4.30. The molecule has 118 valence electrons. The molecule has 1 heterocycles. The Hall–Kier alpha value is -0.750. The molecule has 0 radical (unpaired) electrons. The molecule has 1 aromatic carbocycles. The van der Waals surface area contributed by atoms with E-state index in [1.54, 1.807) is 0 Å². The Morgan fingerprint density at radius 1 is 1.29 bits per heavy atom. The first-order chi connectivity index (χ1) is 9.86. The van der Waals surface area contributed by atoms with Gasteiger partial charge in [0.2, 0.25) is 0 Å². The average Bonchev–Trinajstić information content (AvgIpc) is 2.89. The van der Waals surface area contributed by atoms with Crippen molar-refractivity contribution in [2.24, 2.45) is 5.92 Å². The lowest BCUT2D eigenvalue weighted by Crippen LogP contribution is -2.28. The van der Waals surface area contributed by atoms with Crippen molar-refractivity contribution in [3.8, 4) is 0 Å². The molecule has 2 rings (SSSR count). The van der Waals surface area contributed by atoms with Gasteiger partial charge in [0.05, 0.1) is 5.56 Å². The molecular weight excluding hydrogens is 345 g/mol. The van der Waals surface area contributed by atoms with Crippen molar-refractivity contribution >= 4 is 21.6 Å². The van der Waals surface area contributed by atoms with Crippen molar-refractivity contribution in [1.82, 2.24) is 4.90 Å². The van der Waals surface area contributed by atoms with Crippen LogP contribution >= 0.6 is 15.9 Å². The van der Waals surface area contributed by atoms with Gasteiger partial charge >= 0.3 is 6.18 Å². The topological polar surface area (TPSA) is 15.3 Å². The van der Waals surface area contributed by atoms with Crippen LogP contribution in [0.3, 0.4) is 0 Å². The number of rotatable bonds is 5. The highest BCUT2D eigenvalue weighted by molar-refractivity contribution is 9.10. The van der Waals surface area contributed by atoms with Crippen LogP contribution in [-0.2, 0) is 6.18 Å². The number of hydrogen-bond donors (Lipinski definition) is 1. The zero-order valence-corrected chi connectivity index (χ0v) is 13.6. The highest BCUT2D eigenvalue weighted by Crippen LogP contribution is 2.33. The molecule has 21 heavy (non-hydrogen) atoms. The first kappa shape index (κ1) is 16.6. The van der Waals surface area contributed by atoms with Gasteiger partial charge in [0, 0.05) is 23.2 Å². The predicted molar refractivity (Wildman–Crippen MR) is 82.5 cm³/mol. The third-order valence-electron chi connectivity index (χ3n) is 3.71. The molecule has 0 aliphatic carbocycles. The number of alkyl halides is 3. The maximum atomic E-state index is 12.6. The fourth-order valence-corrected chi connectivity index (χ4v) is 3.11. The summed E-state index contributed by atoms with van der Waals surface area (Å²) in [4.78, 5) is 2.44. The van der Waals surface area contributed by atoms with Crippen LogP contribution in [0.5, 0.6) is 0 Å². The normalized spacial score (nSPS) is 18.0. The fourth-order valence-electron chi connectivity index (χ4n) is 2.59. The molecule has 1 unspecified atom stereocenters. The van der Waals surface area contributed by atoms with Gasteiger partial charge in [-0.3, -0.25) is 0 Å². The van der Waals surface area contributed by atoms with Crippen LogP contribution in [0.15, 0.2) is 22.7 Å². The molecule has 6 heteroatoms. The smallest absolute Gasteiger partial charge is 0.384 e. The van der Waals surface area contributed by atoms with Gasteiger partial charge in [-0.15, -0.1) is 0 Å². The highest BCUT2D eigenvalue weighted by Gasteiger charge is 2.30. The SMILES string of the molecule is CC(CNc1ccc(C(F)(F)F)cc1Br)CN1CCCC1. The molecule has 0 aromatic heterocycles. The maximum absolute atomic E-state index is 12.6. The van der Waals surface area contributed by atoms with E-state index in [0.29, 0.717) is 16.1 Å². The molecular formula is C15H20BrF3N2. The van der Waals surface area contributed by atoms with Crippen LogP contribution in [0, 0.1) is 5.92 Å². The zero-order chi connectivity index (χ0) is 15.5. The monoisotopic (exact) mass is 364 g/mol. The van der Waals surface area contributed by atoms with Crippen molar-refractivity contribution < 1.29 is 13.2 Å². The van der Waals surface area contributed by atoms with Gasteiger partial charge in [-0.25, -0.2) is 0 Å². The van der Waals surface area contributed by atoms with E-state index in [9.17, 15) is 13.2 Å². The highest BCUT2D eigenvalue weighted by atomic mass is 79.9. The van der Waals surface area contributed by atoms with Crippen LogP contribution in [-0.4, -0.2) is 31.1 Å². The molecule has 1 fully saturated rings. The van der Waals surface area contributed by atoms with Crippen LogP contribution in [0.2, 0.25) is 0 Å². The van der Waals surface area contributed by atoms with Crippen molar-refractivity contribution in [3.63, 3.8) is 0 Å². The summed E-state index contributed by atoms with van der Waals surface area (Å²) >= 11 is 3.20. The number of halogens is 4. The predicted octanol–water partition coefficient (Wildman–Crippen LogP) is 4.61. The molecule has 0 bridgehead atoms. The average molecular weight is 365 g/mol. The first-order valence-electron chi connectivity index (χ1n) is 7.19. The van der Waals surface area contributed by atoms with Gasteiger partial charge in [0.25, 0.3) is 0 Å². The lowest BCUT2D eigenvalue weighted by atomic mass is 10.1. The molecule has 1 saturated heterocycles. The molecule has 1 atom stereocenters. The van der Waals surface area contributed by atoms with Gasteiger partial charge in [-0.1, -0.05) is 6.92 Å². The van der Waals surface area contributed by atoms with E-state index in [0.717, 1.165) is 38.3 Å². The second kappa shape index (κ2) is 7.01. The lowest BCUT2D eigenvalue weighted by Gasteiger charge is -2.21. The summed E-state index contributed by atoms with van der Waals surface area (Å²) in [6, 6.07) is 3.71. The Morgan fingerprint density at radius 3 is 2.52 bits per heavy atom. The molecule has 0 spiro atoms. The summed E-state index contributed by atoms with van der Waals surface area (Å²) in [6.07, 6.45) is -1.76. The van der Waals surface area contributed by atoms with E-state index in [1.807, 2.05) is 0 Å². The van der Waals surface area contributed by atoms with Gasteiger partial charge in [-0.2, -0.15) is 13.2 Å². The van der Waals surface area contributed by atoms with Crippen molar-refractivity contribution in [3.05, 3.63) is 28.2 Å². The van der Waals surface area contributed by atoms with Crippen LogP contribution in [0.1, 0.15) is 25.3 Å². The summed E-state index contributed by atoms with van der Waals surface area (Å²) in [6.45, 7) is 6.26. The van der Waals surface area contributed by atoms with Gasteiger partial charge < -0.3 is 10.2 Å². The standard InChI is InChI=1S/C15H20BrF3N2/c1-11(10-21-6-2-3-7-21)9-20-14-5-4-12(8-13(14)16)15(17,18)19/h4-5,8,11,20H,2-3,6-7,9-10H2,1H3. The first-order valence-corrected chi connectivity index (χ1v) is 7.98. The number of nitrogens with zero attached hydrogens (tertiary/aromatic N) is 1. The quantitative estimate of drug-likeness (QED) is 0.820. The molecule has 0 saturated carbocycles. The summed E-state index contributed by atoms with van der Waals surface area (Å²) in [5, 5.41) is 3.22. The molecule has 0 amide bonds. The van der Waals surface area contributed by atoms with E-state index in [2.05, 4.69) is 33.1 Å². The second-order valence-electron chi connectivity index (χ2n) is 5.69. The number of likely N-dealkylation sites (tertiary alicyclic amines) is 1. The Balaban J connectivity index is 1.87. The summed E-state index contributed by atoms with van der Waals surface area (Å²) in [7, 11) is 0. The Morgan fingerprint density at radius 2 is 1.95 bits per heavy atom. The number of nitrogens with one attached hydrogen (secondary N) is 1. The summed E-state index contributed by atoms with van der Waals surface area (Å²) in [5.41, 5.74) is 0.0707. The molecule has 1 N–H and O–H groups in total. The lowest BCUT2D eigenvalue weighted by molar-refractivity contribution is -0.137.